The highest BCUT2D eigenvalue weighted by Gasteiger charge is 2.14. The zero-order chi connectivity index (χ0) is 14.1. The molecule has 1 N–H and O–H groups in total. The summed E-state index contributed by atoms with van der Waals surface area (Å²) >= 11 is 0. The summed E-state index contributed by atoms with van der Waals surface area (Å²) in [5, 5.41) is 0. The lowest BCUT2D eigenvalue weighted by Gasteiger charge is -2.12. The van der Waals surface area contributed by atoms with Gasteiger partial charge >= 0.3 is 0 Å². The minimum Gasteiger partial charge on any atom is -0.303 e. The van der Waals surface area contributed by atoms with Gasteiger partial charge in [0.25, 0.3) is 0 Å². The van der Waals surface area contributed by atoms with E-state index in [1.165, 1.54) is 0 Å². The van der Waals surface area contributed by atoms with Crippen LogP contribution >= 0.6 is 0 Å². The van der Waals surface area contributed by atoms with Crippen LogP contribution in [-0.4, -0.2) is 12.2 Å². The molecule has 0 unspecified atom stereocenters. The number of nitrogens with one attached hydrogen (secondary N) is 1. The second-order valence-electron chi connectivity index (χ2n) is 5.03. The first-order valence-electron chi connectivity index (χ1n) is 6.51. The summed E-state index contributed by atoms with van der Waals surface area (Å²) in [5.41, 5.74) is 3.35. The quantitative estimate of drug-likeness (QED) is 0.579. The van der Waals surface area contributed by atoms with Crippen LogP contribution < -0.4 is 5.48 Å². The van der Waals surface area contributed by atoms with Crippen molar-refractivity contribution in [3.05, 3.63) is 35.9 Å². The zero-order valence-electron chi connectivity index (χ0n) is 11.5. The molecule has 4 heteroatoms. The van der Waals surface area contributed by atoms with Gasteiger partial charge in [0.1, 0.15) is 6.29 Å². The van der Waals surface area contributed by atoms with Crippen LogP contribution in [-0.2, 0) is 21.0 Å². The molecule has 0 fully saturated rings. The SMILES string of the molecule is CC(C)C[C@@H](C=O)CC(=O)NOCc1ccccc1. The molecule has 0 aliphatic carbocycles. The van der Waals surface area contributed by atoms with E-state index in [1.54, 1.807) is 0 Å². The Bertz CT molecular complexity index is 390. The number of hydroxylamine groups is 1. The molecule has 1 atom stereocenters. The number of carbonyl (C=O) groups excluding carboxylic acids is 2. The van der Waals surface area contributed by atoms with Gasteiger partial charge in [0.15, 0.2) is 0 Å². The Morgan fingerprint density at radius 1 is 1.32 bits per heavy atom. The molecule has 19 heavy (non-hydrogen) atoms. The monoisotopic (exact) mass is 263 g/mol. The Morgan fingerprint density at radius 3 is 2.58 bits per heavy atom. The van der Waals surface area contributed by atoms with Gasteiger partial charge in [0.05, 0.1) is 6.61 Å². The van der Waals surface area contributed by atoms with E-state index < -0.39 is 0 Å². The number of hydrogen-bond acceptors (Lipinski definition) is 3. The van der Waals surface area contributed by atoms with Crippen molar-refractivity contribution in [1.29, 1.82) is 0 Å². The summed E-state index contributed by atoms with van der Waals surface area (Å²) in [6.07, 6.45) is 1.74. The Morgan fingerprint density at radius 2 is 2.00 bits per heavy atom. The molecule has 0 bridgehead atoms. The molecule has 0 spiro atoms. The van der Waals surface area contributed by atoms with E-state index >= 15 is 0 Å². The average molecular weight is 263 g/mol. The molecule has 0 heterocycles. The van der Waals surface area contributed by atoms with Gasteiger partial charge in [0, 0.05) is 12.3 Å². The second kappa shape index (κ2) is 8.43. The Balaban J connectivity index is 2.25. The van der Waals surface area contributed by atoms with E-state index in [0.717, 1.165) is 18.3 Å². The van der Waals surface area contributed by atoms with Crippen molar-refractivity contribution in [2.24, 2.45) is 11.8 Å². The molecule has 1 aromatic rings. The molecule has 4 nitrogen and oxygen atoms in total. The first-order valence-corrected chi connectivity index (χ1v) is 6.51. The van der Waals surface area contributed by atoms with E-state index in [0.29, 0.717) is 12.5 Å². The summed E-state index contributed by atoms with van der Waals surface area (Å²) in [6.45, 7) is 4.38. The molecule has 1 aromatic carbocycles. The van der Waals surface area contributed by atoms with Crippen molar-refractivity contribution < 1.29 is 14.4 Å². The summed E-state index contributed by atoms with van der Waals surface area (Å²) < 4.78 is 0. The Labute approximate surface area is 114 Å². The maximum atomic E-state index is 11.6. The molecule has 1 amide bonds. The third kappa shape index (κ3) is 6.72. The van der Waals surface area contributed by atoms with Crippen LogP contribution in [0, 0.1) is 11.8 Å². The molecule has 0 saturated carbocycles. The highest BCUT2D eigenvalue weighted by molar-refractivity contribution is 5.78. The highest BCUT2D eigenvalue weighted by atomic mass is 16.6. The van der Waals surface area contributed by atoms with E-state index in [2.05, 4.69) is 5.48 Å². The van der Waals surface area contributed by atoms with Crippen molar-refractivity contribution in [1.82, 2.24) is 5.48 Å². The first kappa shape index (κ1) is 15.4. The van der Waals surface area contributed by atoms with Gasteiger partial charge in [0.2, 0.25) is 5.91 Å². The Kier molecular flexibility index (Phi) is 6.82. The Hall–Kier alpha value is -1.68. The first-order chi connectivity index (χ1) is 9.11. The minimum atomic E-state index is -0.256. The fourth-order valence-corrected chi connectivity index (χ4v) is 1.85. The van der Waals surface area contributed by atoms with Crippen LogP contribution in [0.1, 0.15) is 32.3 Å². The van der Waals surface area contributed by atoms with Crippen LogP contribution in [0.4, 0.5) is 0 Å². The van der Waals surface area contributed by atoms with E-state index in [9.17, 15) is 9.59 Å². The van der Waals surface area contributed by atoms with Crippen molar-refractivity contribution in [2.45, 2.75) is 33.3 Å². The third-order valence-corrected chi connectivity index (χ3v) is 2.68. The third-order valence-electron chi connectivity index (χ3n) is 2.68. The maximum absolute atomic E-state index is 11.6. The fourth-order valence-electron chi connectivity index (χ4n) is 1.85. The average Bonchev–Trinajstić information content (AvgIpc) is 2.38. The van der Waals surface area contributed by atoms with Gasteiger partial charge in [-0.05, 0) is 17.9 Å². The topological polar surface area (TPSA) is 55.4 Å². The lowest BCUT2D eigenvalue weighted by molar-refractivity contribution is -0.136. The van der Waals surface area contributed by atoms with Crippen LogP contribution in [0.5, 0.6) is 0 Å². The number of carbonyl (C=O) groups is 2. The lowest BCUT2D eigenvalue weighted by Crippen LogP contribution is -2.26. The minimum absolute atomic E-state index is 0.177. The van der Waals surface area contributed by atoms with E-state index in [-0.39, 0.29) is 18.2 Å². The van der Waals surface area contributed by atoms with Crippen molar-refractivity contribution >= 4 is 12.2 Å². The van der Waals surface area contributed by atoms with Gasteiger partial charge in [-0.15, -0.1) is 0 Å². The van der Waals surface area contributed by atoms with Gasteiger partial charge in [-0.25, -0.2) is 5.48 Å². The van der Waals surface area contributed by atoms with Gasteiger partial charge < -0.3 is 4.79 Å². The molecule has 0 aliphatic heterocycles. The van der Waals surface area contributed by atoms with Crippen LogP contribution in [0.3, 0.4) is 0 Å². The molecular weight excluding hydrogens is 242 g/mol. The molecular formula is C15H21NO3. The second-order valence-corrected chi connectivity index (χ2v) is 5.03. The number of hydrogen-bond donors (Lipinski definition) is 1. The number of rotatable bonds is 8. The number of aldehydes is 1. The molecule has 1 rings (SSSR count). The van der Waals surface area contributed by atoms with Gasteiger partial charge in [-0.1, -0.05) is 44.2 Å². The smallest absolute Gasteiger partial charge is 0.244 e. The van der Waals surface area contributed by atoms with Crippen LogP contribution in [0.25, 0.3) is 0 Å². The van der Waals surface area contributed by atoms with Gasteiger partial charge in [-0.3, -0.25) is 9.63 Å². The van der Waals surface area contributed by atoms with E-state index in [4.69, 9.17) is 4.84 Å². The predicted octanol–water partition coefficient (Wildman–Crippen LogP) is 2.49. The van der Waals surface area contributed by atoms with Crippen LogP contribution in [0.2, 0.25) is 0 Å². The molecule has 0 saturated heterocycles. The van der Waals surface area contributed by atoms with Crippen LogP contribution in [0.15, 0.2) is 30.3 Å². The predicted molar refractivity (Wildman–Crippen MR) is 73.0 cm³/mol. The number of benzene rings is 1. The fraction of sp³-hybridized carbons (Fsp3) is 0.467. The lowest BCUT2D eigenvalue weighted by atomic mass is 9.95. The summed E-state index contributed by atoms with van der Waals surface area (Å²) in [4.78, 5) is 27.6. The summed E-state index contributed by atoms with van der Waals surface area (Å²) in [7, 11) is 0. The molecule has 0 radical (unpaired) electrons. The largest absolute Gasteiger partial charge is 0.303 e. The highest BCUT2D eigenvalue weighted by Crippen LogP contribution is 2.13. The van der Waals surface area contributed by atoms with E-state index in [1.807, 2.05) is 44.2 Å². The summed E-state index contributed by atoms with van der Waals surface area (Å²) in [5.74, 6) is -0.0951. The maximum Gasteiger partial charge on any atom is 0.244 e. The molecule has 0 aliphatic rings. The standard InChI is InChI=1S/C15H21NO3/c1-12(2)8-14(10-17)9-15(18)16-19-11-13-6-4-3-5-7-13/h3-7,10,12,14H,8-9,11H2,1-2H3,(H,16,18)/t14-/m1/s1. The summed E-state index contributed by atoms with van der Waals surface area (Å²) in [6, 6.07) is 9.57. The van der Waals surface area contributed by atoms with Crippen molar-refractivity contribution in [3.8, 4) is 0 Å². The number of amides is 1. The van der Waals surface area contributed by atoms with Gasteiger partial charge in [-0.2, -0.15) is 0 Å². The molecule has 0 aromatic heterocycles. The normalized spacial score (nSPS) is 12.2. The van der Waals surface area contributed by atoms with Crippen molar-refractivity contribution in [3.63, 3.8) is 0 Å². The zero-order valence-corrected chi connectivity index (χ0v) is 11.5. The van der Waals surface area contributed by atoms with Crippen molar-refractivity contribution in [2.75, 3.05) is 0 Å². The molecule has 104 valence electrons.